The molecule has 0 aromatic carbocycles. The Hall–Kier alpha value is -3.25. The maximum absolute atomic E-state index is 12.6. The summed E-state index contributed by atoms with van der Waals surface area (Å²) in [5.41, 5.74) is 6.59. The number of carbonyl (C=O) groups excluding carboxylic acids is 3. The zero-order chi connectivity index (χ0) is 23.4. The van der Waals surface area contributed by atoms with Crippen LogP contribution in [0, 0.1) is 6.92 Å². The second-order valence-electron chi connectivity index (χ2n) is 7.00. The van der Waals surface area contributed by atoms with E-state index < -0.39 is 11.9 Å². The first-order valence-corrected chi connectivity index (χ1v) is 11.4. The quantitative estimate of drug-likeness (QED) is 0.375. The lowest BCUT2D eigenvalue weighted by Gasteiger charge is -2.10. The third kappa shape index (κ3) is 5.14. The summed E-state index contributed by atoms with van der Waals surface area (Å²) in [6.45, 7) is 5.02. The van der Waals surface area contributed by atoms with E-state index in [9.17, 15) is 14.4 Å². The fraction of sp³-hybridized carbons (Fsp3) is 0.300. The van der Waals surface area contributed by atoms with Gasteiger partial charge in [0.25, 0.3) is 5.91 Å². The number of thioether (sulfide) groups is 1. The molecule has 168 valence electrons. The Labute approximate surface area is 192 Å². The van der Waals surface area contributed by atoms with E-state index in [0.717, 1.165) is 11.3 Å². The first-order valence-electron chi connectivity index (χ1n) is 9.56. The number of amides is 2. The topological polar surface area (TPSA) is 142 Å². The van der Waals surface area contributed by atoms with Gasteiger partial charge in [-0.25, -0.2) is 4.79 Å². The Morgan fingerprint density at radius 1 is 1.28 bits per heavy atom. The Morgan fingerprint density at radius 3 is 2.66 bits per heavy atom. The summed E-state index contributed by atoms with van der Waals surface area (Å²) >= 11 is 2.12. The Bertz CT molecular complexity index is 1160. The van der Waals surface area contributed by atoms with Gasteiger partial charge >= 0.3 is 5.97 Å². The van der Waals surface area contributed by atoms with Crippen molar-refractivity contribution in [2.24, 2.45) is 12.8 Å². The second kappa shape index (κ2) is 9.92. The van der Waals surface area contributed by atoms with Gasteiger partial charge in [-0.3, -0.25) is 14.6 Å². The van der Waals surface area contributed by atoms with Crippen LogP contribution in [0.4, 0.5) is 5.00 Å². The van der Waals surface area contributed by atoms with Crippen molar-refractivity contribution in [3.05, 3.63) is 40.4 Å². The van der Waals surface area contributed by atoms with Gasteiger partial charge < -0.3 is 20.4 Å². The molecular formula is C20H22N6O4S2. The average Bonchev–Trinajstić information content (AvgIpc) is 3.26. The van der Waals surface area contributed by atoms with Crippen LogP contribution in [-0.4, -0.2) is 49.4 Å². The summed E-state index contributed by atoms with van der Waals surface area (Å²) in [5, 5.41) is 11.7. The summed E-state index contributed by atoms with van der Waals surface area (Å²) in [7, 11) is 1.78. The number of nitrogens with one attached hydrogen (secondary N) is 1. The largest absolute Gasteiger partial charge is 0.459 e. The molecule has 0 aliphatic carbocycles. The van der Waals surface area contributed by atoms with Gasteiger partial charge in [0, 0.05) is 13.2 Å². The summed E-state index contributed by atoms with van der Waals surface area (Å²) in [5.74, 6) is -1.10. The van der Waals surface area contributed by atoms with Crippen molar-refractivity contribution in [2.75, 3.05) is 11.1 Å². The molecule has 0 spiro atoms. The number of ether oxygens (including phenoxy) is 1. The summed E-state index contributed by atoms with van der Waals surface area (Å²) in [6.07, 6.45) is 1.30. The number of esters is 1. The molecule has 0 saturated heterocycles. The van der Waals surface area contributed by atoms with Crippen LogP contribution in [0.5, 0.6) is 0 Å². The van der Waals surface area contributed by atoms with Crippen LogP contribution in [0.25, 0.3) is 11.5 Å². The van der Waals surface area contributed by atoms with E-state index in [1.54, 1.807) is 44.6 Å². The van der Waals surface area contributed by atoms with E-state index in [-0.39, 0.29) is 33.2 Å². The number of nitrogens with two attached hydrogens (primary N) is 1. The van der Waals surface area contributed by atoms with Crippen LogP contribution in [0.2, 0.25) is 0 Å². The summed E-state index contributed by atoms with van der Waals surface area (Å²) in [6, 6.07) is 5.47. The first kappa shape index (κ1) is 23.4. The van der Waals surface area contributed by atoms with Gasteiger partial charge in [-0.15, -0.1) is 21.5 Å². The molecule has 3 N–H and O–H groups in total. The van der Waals surface area contributed by atoms with Gasteiger partial charge in [-0.05, 0) is 38.5 Å². The van der Waals surface area contributed by atoms with Gasteiger partial charge in [-0.2, -0.15) is 0 Å². The second-order valence-corrected chi connectivity index (χ2v) is 8.96. The molecule has 3 heterocycles. The minimum Gasteiger partial charge on any atom is -0.459 e. The van der Waals surface area contributed by atoms with Gasteiger partial charge in [0.1, 0.15) is 10.7 Å². The lowest BCUT2D eigenvalue weighted by atomic mass is 10.1. The lowest BCUT2D eigenvalue weighted by molar-refractivity contribution is -0.113. The SMILES string of the molecule is Cc1c(C(N)=O)sc(NC(=O)CSc2nnc(-c3ccccn3)n2C)c1C(=O)OC(C)C. The Morgan fingerprint density at radius 2 is 2.03 bits per heavy atom. The molecule has 0 fully saturated rings. The predicted molar refractivity (Wildman–Crippen MR) is 122 cm³/mol. The highest BCUT2D eigenvalue weighted by atomic mass is 32.2. The van der Waals surface area contributed by atoms with Gasteiger partial charge in [0.15, 0.2) is 11.0 Å². The van der Waals surface area contributed by atoms with Crippen molar-refractivity contribution in [1.29, 1.82) is 0 Å². The molecule has 2 amide bonds. The van der Waals surface area contributed by atoms with Gasteiger partial charge in [0.05, 0.1) is 22.3 Å². The number of nitrogens with zero attached hydrogens (tertiary/aromatic N) is 4. The third-order valence-corrected chi connectivity index (χ3v) is 6.47. The predicted octanol–water partition coefficient (Wildman–Crippen LogP) is 2.64. The van der Waals surface area contributed by atoms with E-state index in [1.807, 2.05) is 12.1 Å². The molecule has 12 heteroatoms. The number of thiophene rings is 1. The molecule has 3 aromatic heterocycles. The number of carbonyl (C=O) groups is 3. The zero-order valence-electron chi connectivity index (χ0n) is 17.9. The number of hydrogen-bond acceptors (Lipinski definition) is 9. The third-order valence-electron chi connectivity index (χ3n) is 4.23. The van der Waals surface area contributed by atoms with Crippen LogP contribution in [0.3, 0.4) is 0 Å². The van der Waals surface area contributed by atoms with E-state index in [1.165, 1.54) is 11.8 Å². The van der Waals surface area contributed by atoms with Crippen molar-refractivity contribution >= 4 is 45.9 Å². The van der Waals surface area contributed by atoms with Gasteiger partial charge in [-0.1, -0.05) is 17.8 Å². The summed E-state index contributed by atoms with van der Waals surface area (Å²) in [4.78, 5) is 41.3. The number of pyridine rings is 1. The van der Waals surface area contributed by atoms with E-state index in [2.05, 4.69) is 20.5 Å². The molecule has 32 heavy (non-hydrogen) atoms. The van der Waals surface area contributed by atoms with Crippen molar-refractivity contribution in [1.82, 2.24) is 19.7 Å². The van der Waals surface area contributed by atoms with E-state index in [4.69, 9.17) is 10.5 Å². The molecule has 0 unspecified atom stereocenters. The average molecular weight is 475 g/mol. The highest BCUT2D eigenvalue weighted by Gasteiger charge is 2.26. The fourth-order valence-electron chi connectivity index (χ4n) is 2.81. The minimum atomic E-state index is -0.679. The molecule has 0 radical (unpaired) electrons. The van der Waals surface area contributed by atoms with Gasteiger partial charge in [0.2, 0.25) is 5.91 Å². The molecule has 0 aliphatic rings. The summed E-state index contributed by atoms with van der Waals surface area (Å²) < 4.78 is 7.00. The molecule has 10 nitrogen and oxygen atoms in total. The zero-order valence-corrected chi connectivity index (χ0v) is 19.5. The van der Waals surface area contributed by atoms with Crippen LogP contribution >= 0.6 is 23.1 Å². The number of hydrogen-bond donors (Lipinski definition) is 2. The minimum absolute atomic E-state index is 0.00964. The molecular weight excluding hydrogens is 452 g/mol. The molecule has 3 rings (SSSR count). The smallest absolute Gasteiger partial charge is 0.341 e. The van der Waals surface area contributed by atoms with Crippen LogP contribution in [0.1, 0.15) is 39.4 Å². The normalized spacial score (nSPS) is 10.9. The molecule has 0 bridgehead atoms. The Balaban J connectivity index is 1.74. The number of aromatic nitrogens is 4. The van der Waals surface area contributed by atoms with Crippen LogP contribution < -0.4 is 11.1 Å². The first-order chi connectivity index (χ1) is 15.2. The molecule has 0 atom stereocenters. The number of rotatable bonds is 8. The van der Waals surface area contributed by atoms with Crippen molar-refractivity contribution in [3.8, 4) is 11.5 Å². The van der Waals surface area contributed by atoms with Crippen LogP contribution in [0.15, 0.2) is 29.6 Å². The fourth-order valence-corrected chi connectivity index (χ4v) is 4.58. The lowest BCUT2D eigenvalue weighted by Crippen LogP contribution is -2.18. The van der Waals surface area contributed by atoms with Crippen molar-refractivity contribution < 1.29 is 19.1 Å². The van der Waals surface area contributed by atoms with E-state index >= 15 is 0 Å². The monoisotopic (exact) mass is 474 g/mol. The molecule has 0 aliphatic heterocycles. The maximum Gasteiger partial charge on any atom is 0.341 e. The molecule has 0 saturated carbocycles. The number of primary amides is 1. The highest BCUT2D eigenvalue weighted by molar-refractivity contribution is 7.99. The van der Waals surface area contributed by atoms with E-state index in [0.29, 0.717) is 22.2 Å². The standard InChI is InChI=1S/C20H22N6O4S2/c1-10(2)30-19(29)14-11(3)15(16(21)28)32-18(14)23-13(27)9-31-20-25-24-17(26(20)4)12-7-5-6-8-22-12/h5-8,10H,9H2,1-4H3,(H2,21,28)(H,23,27). The number of anilines is 1. The molecule has 3 aromatic rings. The van der Waals surface area contributed by atoms with Crippen molar-refractivity contribution in [3.63, 3.8) is 0 Å². The highest BCUT2D eigenvalue weighted by Crippen LogP contribution is 2.34. The maximum atomic E-state index is 12.6. The van der Waals surface area contributed by atoms with Crippen molar-refractivity contribution in [2.45, 2.75) is 32.0 Å². The van der Waals surface area contributed by atoms with Crippen LogP contribution in [-0.2, 0) is 16.6 Å². The Kier molecular flexibility index (Phi) is 7.26.